The van der Waals surface area contributed by atoms with E-state index in [4.69, 9.17) is 15.9 Å². The average molecular weight is 416 g/mol. The van der Waals surface area contributed by atoms with E-state index in [0.29, 0.717) is 5.75 Å². The lowest BCUT2D eigenvalue weighted by atomic mass is 10.2. The summed E-state index contributed by atoms with van der Waals surface area (Å²) in [7, 11) is -2.18. The zero-order valence-corrected chi connectivity index (χ0v) is 16.5. The Balaban J connectivity index is 1.83. The Morgan fingerprint density at radius 2 is 1.72 bits per heavy atom. The van der Waals surface area contributed by atoms with Gasteiger partial charge in [0, 0.05) is 6.54 Å². The molecular formula is C20H20N2O6S. The summed E-state index contributed by atoms with van der Waals surface area (Å²) in [6, 6.07) is 12.2. The maximum atomic E-state index is 12.0. The number of rotatable bonds is 9. The minimum absolute atomic E-state index is 0.0402. The number of carbonyl (C=O) groups is 2. The molecule has 0 aromatic heterocycles. The van der Waals surface area contributed by atoms with Gasteiger partial charge in [-0.3, -0.25) is 4.79 Å². The standard InChI is InChI=1S/C20H20N2O6S/c1-3-12-22-29(25,26)18-10-6-16(7-11-18)20(24)28-14-19(23)21-13-15-4-8-17(27-2)9-5-15/h1,4-11,22H,12-14H2,2H3,(H,21,23). The van der Waals surface area contributed by atoms with Gasteiger partial charge < -0.3 is 14.8 Å². The van der Waals surface area contributed by atoms with Crippen molar-refractivity contribution in [3.05, 3.63) is 59.7 Å². The first-order valence-corrected chi connectivity index (χ1v) is 9.94. The number of benzene rings is 2. The zero-order valence-electron chi connectivity index (χ0n) is 15.7. The van der Waals surface area contributed by atoms with Gasteiger partial charge in [-0.15, -0.1) is 6.42 Å². The van der Waals surface area contributed by atoms with Crippen molar-refractivity contribution in [1.82, 2.24) is 10.0 Å². The largest absolute Gasteiger partial charge is 0.497 e. The van der Waals surface area contributed by atoms with Crippen LogP contribution in [-0.2, 0) is 26.1 Å². The van der Waals surface area contributed by atoms with Crippen LogP contribution >= 0.6 is 0 Å². The van der Waals surface area contributed by atoms with Crippen molar-refractivity contribution in [2.45, 2.75) is 11.4 Å². The van der Waals surface area contributed by atoms with Gasteiger partial charge in [-0.2, -0.15) is 4.72 Å². The Labute approximate surface area is 169 Å². The lowest BCUT2D eigenvalue weighted by Gasteiger charge is -2.08. The quantitative estimate of drug-likeness (QED) is 0.468. The fraction of sp³-hybridized carbons (Fsp3) is 0.200. The van der Waals surface area contributed by atoms with Crippen molar-refractivity contribution in [3.63, 3.8) is 0 Å². The molecule has 0 unspecified atom stereocenters. The maximum Gasteiger partial charge on any atom is 0.338 e. The van der Waals surface area contributed by atoms with Crippen LogP contribution in [0.2, 0.25) is 0 Å². The highest BCUT2D eigenvalue weighted by molar-refractivity contribution is 7.89. The summed E-state index contributed by atoms with van der Waals surface area (Å²) in [4.78, 5) is 23.8. The third kappa shape index (κ3) is 6.64. The lowest BCUT2D eigenvalue weighted by molar-refractivity contribution is -0.124. The molecule has 0 bridgehead atoms. The Morgan fingerprint density at radius 1 is 1.07 bits per heavy atom. The molecule has 0 aliphatic heterocycles. The second-order valence-corrected chi connectivity index (χ2v) is 7.52. The van der Waals surface area contributed by atoms with E-state index in [1.807, 2.05) is 0 Å². The van der Waals surface area contributed by atoms with E-state index in [2.05, 4.69) is 16.0 Å². The van der Waals surface area contributed by atoms with Crippen molar-refractivity contribution in [3.8, 4) is 18.1 Å². The van der Waals surface area contributed by atoms with Crippen LogP contribution in [0.15, 0.2) is 53.4 Å². The van der Waals surface area contributed by atoms with Gasteiger partial charge in [0.25, 0.3) is 5.91 Å². The number of hydrogen-bond donors (Lipinski definition) is 2. The van der Waals surface area contributed by atoms with Crippen LogP contribution in [0.25, 0.3) is 0 Å². The van der Waals surface area contributed by atoms with Gasteiger partial charge in [-0.25, -0.2) is 13.2 Å². The molecule has 2 aromatic rings. The van der Waals surface area contributed by atoms with E-state index in [0.717, 1.165) is 5.56 Å². The number of carbonyl (C=O) groups excluding carboxylic acids is 2. The number of esters is 1. The van der Waals surface area contributed by atoms with E-state index in [9.17, 15) is 18.0 Å². The van der Waals surface area contributed by atoms with E-state index >= 15 is 0 Å². The SMILES string of the molecule is C#CCNS(=O)(=O)c1ccc(C(=O)OCC(=O)NCc2ccc(OC)cc2)cc1. The average Bonchev–Trinajstić information content (AvgIpc) is 2.75. The molecule has 9 heteroatoms. The summed E-state index contributed by atoms with van der Waals surface area (Å²) >= 11 is 0. The van der Waals surface area contributed by atoms with E-state index in [1.165, 1.54) is 24.3 Å². The Hall–Kier alpha value is -3.35. The van der Waals surface area contributed by atoms with Crippen molar-refractivity contribution in [2.24, 2.45) is 0 Å². The van der Waals surface area contributed by atoms with Crippen molar-refractivity contribution < 1.29 is 27.5 Å². The fourth-order valence-electron chi connectivity index (χ4n) is 2.20. The van der Waals surface area contributed by atoms with Crippen LogP contribution in [-0.4, -0.2) is 40.6 Å². The second-order valence-electron chi connectivity index (χ2n) is 5.75. The maximum absolute atomic E-state index is 12.0. The van der Waals surface area contributed by atoms with Crippen LogP contribution in [0, 0.1) is 12.3 Å². The molecule has 2 rings (SSSR count). The van der Waals surface area contributed by atoms with E-state index in [1.54, 1.807) is 31.4 Å². The molecule has 152 valence electrons. The minimum atomic E-state index is -3.75. The van der Waals surface area contributed by atoms with Gasteiger partial charge in [0.1, 0.15) is 5.75 Å². The highest BCUT2D eigenvalue weighted by Crippen LogP contribution is 2.12. The molecule has 0 spiro atoms. The smallest absolute Gasteiger partial charge is 0.338 e. The van der Waals surface area contributed by atoms with Crippen LogP contribution in [0.4, 0.5) is 0 Å². The second kappa shape index (κ2) is 10.3. The fourth-order valence-corrected chi connectivity index (χ4v) is 3.13. The number of nitrogens with one attached hydrogen (secondary N) is 2. The molecule has 0 saturated heterocycles. The number of amides is 1. The minimum Gasteiger partial charge on any atom is -0.497 e. The van der Waals surface area contributed by atoms with Gasteiger partial charge in [0.05, 0.1) is 24.1 Å². The van der Waals surface area contributed by atoms with Crippen molar-refractivity contribution in [1.29, 1.82) is 0 Å². The molecule has 0 aliphatic rings. The van der Waals surface area contributed by atoms with Crippen molar-refractivity contribution in [2.75, 3.05) is 20.3 Å². The molecule has 0 atom stereocenters. The first-order chi connectivity index (χ1) is 13.9. The Kier molecular flexibility index (Phi) is 7.77. The summed E-state index contributed by atoms with van der Waals surface area (Å²) in [5.41, 5.74) is 0.976. The number of hydrogen-bond acceptors (Lipinski definition) is 6. The van der Waals surface area contributed by atoms with Crippen LogP contribution in [0.1, 0.15) is 15.9 Å². The molecule has 0 fully saturated rings. The molecule has 0 radical (unpaired) electrons. The first-order valence-electron chi connectivity index (χ1n) is 8.45. The third-order valence-electron chi connectivity index (χ3n) is 3.75. The number of ether oxygens (including phenoxy) is 2. The van der Waals surface area contributed by atoms with Gasteiger partial charge >= 0.3 is 5.97 Å². The zero-order chi connectivity index (χ0) is 21.3. The highest BCUT2D eigenvalue weighted by Gasteiger charge is 2.15. The molecule has 0 heterocycles. The summed E-state index contributed by atoms with van der Waals surface area (Å²) in [6.07, 6.45) is 5.03. The van der Waals surface area contributed by atoms with Crippen LogP contribution in [0.3, 0.4) is 0 Å². The van der Waals surface area contributed by atoms with Gasteiger partial charge in [-0.1, -0.05) is 18.1 Å². The molecule has 29 heavy (non-hydrogen) atoms. The van der Waals surface area contributed by atoms with Gasteiger partial charge in [0.15, 0.2) is 6.61 Å². The van der Waals surface area contributed by atoms with Crippen LogP contribution in [0.5, 0.6) is 5.75 Å². The highest BCUT2D eigenvalue weighted by atomic mass is 32.2. The topological polar surface area (TPSA) is 111 Å². The third-order valence-corrected chi connectivity index (χ3v) is 5.16. The lowest BCUT2D eigenvalue weighted by Crippen LogP contribution is -2.28. The van der Waals surface area contributed by atoms with E-state index < -0.39 is 28.5 Å². The molecule has 0 aliphatic carbocycles. The summed E-state index contributed by atoms with van der Waals surface area (Å²) in [5, 5.41) is 2.63. The molecule has 2 aromatic carbocycles. The molecular weight excluding hydrogens is 396 g/mol. The number of sulfonamides is 1. The Morgan fingerprint density at radius 3 is 2.31 bits per heavy atom. The Bertz CT molecular complexity index is 993. The van der Waals surface area contributed by atoms with Crippen molar-refractivity contribution >= 4 is 21.9 Å². The van der Waals surface area contributed by atoms with Gasteiger partial charge in [-0.05, 0) is 42.0 Å². The number of methoxy groups -OCH3 is 1. The summed E-state index contributed by atoms with van der Waals surface area (Å²) in [5.74, 6) is 1.67. The molecule has 0 saturated carbocycles. The predicted octanol–water partition coefficient (Wildman–Crippen LogP) is 1.08. The monoisotopic (exact) mass is 416 g/mol. The van der Waals surface area contributed by atoms with E-state index in [-0.39, 0.29) is 23.5 Å². The first kappa shape index (κ1) is 21.9. The molecule has 8 nitrogen and oxygen atoms in total. The van der Waals surface area contributed by atoms with Gasteiger partial charge in [0.2, 0.25) is 10.0 Å². The summed E-state index contributed by atoms with van der Waals surface area (Å²) in [6.45, 7) is -0.325. The summed E-state index contributed by atoms with van der Waals surface area (Å²) < 4.78 is 36.1. The predicted molar refractivity (Wildman–Crippen MR) is 106 cm³/mol. The normalized spacial score (nSPS) is 10.6. The molecule has 2 N–H and O–H groups in total. The van der Waals surface area contributed by atoms with Crippen LogP contribution < -0.4 is 14.8 Å². The number of terminal acetylenes is 1. The molecule has 1 amide bonds.